The topological polar surface area (TPSA) is 83.5 Å². The van der Waals surface area contributed by atoms with Crippen LogP contribution in [0, 0.1) is 5.92 Å². The highest BCUT2D eigenvalue weighted by Gasteiger charge is 2.42. The van der Waals surface area contributed by atoms with Crippen LogP contribution in [0.25, 0.3) is 0 Å². The van der Waals surface area contributed by atoms with E-state index in [9.17, 15) is 9.59 Å². The average molecular weight is 471 g/mol. The highest BCUT2D eigenvalue weighted by Crippen LogP contribution is 2.32. The first kappa shape index (κ1) is 22.9. The molecule has 0 radical (unpaired) electrons. The molecule has 0 bridgehead atoms. The summed E-state index contributed by atoms with van der Waals surface area (Å²) >= 11 is 6.04. The summed E-state index contributed by atoms with van der Waals surface area (Å²) in [5.41, 5.74) is 1.77. The fourth-order valence-corrected chi connectivity index (χ4v) is 4.30. The number of guanidine groups is 1. The second kappa shape index (κ2) is 10.1. The molecule has 2 atom stereocenters. The fraction of sp³-hybridized carbons (Fsp3) is 0.375. The van der Waals surface area contributed by atoms with E-state index in [0.717, 1.165) is 30.1 Å². The Bertz CT molecular complexity index is 1040. The molecule has 8 nitrogen and oxygen atoms in total. The molecule has 0 saturated carbocycles. The summed E-state index contributed by atoms with van der Waals surface area (Å²) in [4.78, 5) is 34.7. The fourth-order valence-electron chi connectivity index (χ4n) is 4.18. The van der Waals surface area contributed by atoms with Gasteiger partial charge in [-0.15, -0.1) is 0 Å². The van der Waals surface area contributed by atoms with Crippen molar-refractivity contribution in [3.05, 3.63) is 59.1 Å². The molecule has 1 N–H and O–H groups in total. The second-order valence-electron chi connectivity index (χ2n) is 7.81. The lowest BCUT2D eigenvalue weighted by atomic mass is 9.91. The Labute approximate surface area is 198 Å². The Morgan fingerprint density at radius 2 is 1.76 bits per heavy atom. The predicted molar refractivity (Wildman–Crippen MR) is 127 cm³/mol. The Morgan fingerprint density at radius 3 is 2.42 bits per heavy atom. The number of aliphatic imine (C=N–C) groups is 1. The molecule has 33 heavy (non-hydrogen) atoms. The van der Waals surface area contributed by atoms with E-state index in [-0.39, 0.29) is 6.61 Å². The number of amides is 1. The lowest BCUT2D eigenvalue weighted by Gasteiger charge is -2.40. The molecule has 1 saturated heterocycles. The second-order valence-corrected chi connectivity index (χ2v) is 8.25. The number of ether oxygens (including phenoxy) is 2. The number of piperazine rings is 1. The minimum atomic E-state index is -1.05. The third-order valence-corrected chi connectivity index (χ3v) is 6.10. The summed E-state index contributed by atoms with van der Waals surface area (Å²) in [7, 11) is 1.66. The molecule has 174 valence electrons. The first-order chi connectivity index (χ1) is 16.0. The number of nitrogens with one attached hydrogen (secondary N) is 1. The van der Waals surface area contributed by atoms with E-state index < -0.39 is 23.8 Å². The van der Waals surface area contributed by atoms with Crippen LogP contribution in [0.3, 0.4) is 0 Å². The Balaban J connectivity index is 1.56. The molecule has 2 aromatic rings. The number of para-hydroxylation sites is 2. The molecule has 2 unspecified atom stereocenters. The number of hydrogen-bond donors (Lipinski definition) is 1. The zero-order valence-electron chi connectivity index (χ0n) is 18.7. The standard InChI is InChI=1S/C24H27ClN4O4/c1-3-33-23(31)20-21(16-8-10-17(25)11-9-16)26-24(27-22(20)30)29-14-12-28(13-15-29)18-6-4-5-7-19(18)32-2/h4-11,20-21H,3,12-15H2,1-2H3,(H,26,27,30). The molecule has 4 rings (SSSR count). The van der Waals surface area contributed by atoms with Crippen LogP contribution < -0.4 is 15.0 Å². The van der Waals surface area contributed by atoms with Gasteiger partial charge in [-0.2, -0.15) is 0 Å². The molecule has 1 amide bonds. The molecule has 2 aliphatic heterocycles. The van der Waals surface area contributed by atoms with Gasteiger partial charge in [0.05, 0.1) is 19.4 Å². The number of esters is 1. The molecule has 2 aromatic carbocycles. The van der Waals surface area contributed by atoms with Gasteiger partial charge in [-0.1, -0.05) is 35.9 Å². The third-order valence-electron chi connectivity index (χ3n) is 5.85. The van der Waals surface area contributed by atoms with Gasteiger partial charge < -0.3 is 19.3 Å². The summed E-state index contributed by atoms with van der Waals surface area (Å²) < 4.78 is 10.7. The van der Waals surface area contributed by atoms with Crippen LogP contribution in [0.4, 0.5) is 5.69 Å². The summed E-state index contributed by atoms with van der Waals surface area (Å²) in [6, 6.07) is 14.3. The van der Waals surface area contributed by atoms with Gasteiger partial charge in [0.2, 0.25) is 11.9 Å². The first-order valence-corrected chi connectivity index (χ1v) is 11.3. The molecule has 2 aliphatic rings. The number of halogens is 1. The van der Waals surface area contributed by atoms with Crippen molar-refractivity contribution < 1.29 is 19.1 Å². The van der Waals surface area contributed by atoms with Crippen LogP contribution in [0.5, 0.6) is 5.75 Å². The number of rotatable bonds is 5. The summed E-state index contributed by atoms with van der Waals surface area (Å²) in [5.74, 6) is -0.747. The van der Waals surface area contributed by atoms with Gasteiger partial charge in [0, 0.05) is 31.2 Å². The van der Waals surface area contributed by atoms with Gasteiger partial charge in [-0.05, 0) is 36.8 Å². The van der Waals surface area contributed by atoms with Crippen molar-refractivity contribution in [3.8, 4) is 5.75 Å². The highest BCUT2D eigenvalue weighted by molar-refractivity contribution is 6.30. The maximum Gasteiger partial charge on any atom is 0.321 e. The SMILES string of the molecule is CCOC(=O)C1C(=O)NC(N2CCN(c3ccccc3OC)CC2)=NC1c1ccc(Cl)cc1. The van der Waals surface area contributed by atoms with Crippen molar-refractivity contribution in [1.29, 1.82) is 0 Å². The van der Waals surface area contributed by atoms with E-state index in [0.29, 0.717) is 24.1 Å². The molecular weight excluding hydrogens is 444 g/mol. The summed E-state index contributed by atoms with van der Waals surface area (Å²) in [5, 5.41) is 3.40. The highest BCUT2D eigenvalue weighted by atomic mass is 35.5. The van der Waals surface area contributed by atoms with Gasteiger partial charge in [-0.3, -0.25) is 14.9 Å². The third kappa shape index (κ3) is 4.90. The number of nitrogens with zero attached hydrogens (tertiary/aromatic N) is 3. The minimum Gasteiger partial charge on any atom is -0.495 e. The van der Waals surface area contributed by atoms with Gasteiger partial charge >= 0.3 is 5.97 Å². The van der Waals surface area contributed by atoms with E-state index >= 15 is 0 Å². The van der Waals surface area contributed by atoms with E-state index in [1.807, 2.05) is 29.2 Å². The number of carbonyl (C=O) groups is 2. The van der Waals surface area contributed by atoms with E-state index in [2.05, 4.69) is 10.2 Å². The lowest BCUT2D eigenvalue weighted by molar-refractivity contribution is -0.153. The molecule has 9 heteroatoms. The van der Waals surface area contributed by atoms with Gasteiger partial charge in [0.25, 0.3) is 0 Å². The number of benzene rings is 2. The first-order valence-electron chi connectivity index (χ1n) is 11.0. The Kier molecular flexibility index (Phi) is 7.03. The minimum absolute atomic E-state index is 0.192. The van der Waals surface area contributed by atoms with Crippen LogP contribution in [-0.2, 0) is 14.3 Å². The normalized spacial score (nSPS) is 20.7. The zero-order valence-corrected chi connectivity index (χ0v) is 19.4. The monoisotopic (exact) mass is 470 g/mol. The summed E-state index contributed by atoms with van der Waals surface area (Å²) in [6.07, 6.45) is 0. The van der Waals surface area contributed by atoms with Crippen molar-refractivity contribution in [2.45, 2.75) is 13.0 Å². The van der Waals surface area contributed by atoms with E-state index in [1.165, 1.54) is 0 Å². The van der Waals surface area contributed by atoms with Crippen LogP contribution in [0.1, 0.15) is 18.5 Å². The predicted octanol–water partition coefficient (Wildman–Crippen LogP) is 2.88. The van der Waals surface area contributed by atoms with E-state index in [1.54, 1.807) is 38.3 Å². The molecule has 1 fully saturated rings. The molecular formula is C24H27ClN4O4. The zero-order chi connectivity index (χ0) is 23.4. The summed E-state index contributed by atoms with van der Waals surface area (Å²) in [6.45, 7) is 4.71. The van der Waals surface area contributed by atoms with Gasteiger partial charge in [0.15, 0.2) is 5.92 Å². The van der Waals surface area contributed by atoms with Gasteiger partial charge in [0.1, 0.15) is 11.8 Å². The van der Waals surface area contributed by atoms with Crippen LogP contribution in [-0.4, -0.2) is 62.6 Å². The van der Waals surface area contributed by atoms with Crippen molar-refractivity contribution in [2.24, 2.45) is 10.9 Å². The van der Waals surface area contributed by atoms with Crippen molar-refractivity contribution >= 4 is 35.1 Å². The van der Waals surface area contributed by atoms with E-state index in [4.69, 9.17) is 26.1 Å². The van der Waals surface area contributed by atoms with Crippen LogP contribution >= 0.6 is 11.6 Å². The molecule has 0 aliphatic carbocycles. The average Bonchev–Trinajstić information content (AvgIpc) is 2.84. The van der Waals surface area contributed by atoms with Crippen LogP contribution in [0.2, 0.25) is 5.02 Å². The number of hydrogen-bond acceptors (Lipinski definition) is 7. The van der Waals surface area contributed by atoms with Crippen molar-refractivity contribution in [2.75, 3.05) is 44.8 Å². The quantitative estimate of drug-likeness (QED) is 0.534. The van der Waals surface area contributed by atoms with Gasteiger partial charge in [-0.25, -0.2) is 4.99 Å². The van der Waals surface area contributed by atoms with Crippen molar-refractivity contribution in [1.82, 2.24) is 10.2 Å². The largest absolute Gasteiger partial charge is 0.495 e. The molecule has 2 heterocycles. The lowest BCUT2D eigenvalue weighted by Crippen LogP contribution is -2.57. The number of carbonyl (C=O) groups excluding carboxylic acids is 2. The maximum atomic E-state index is 13.0. The number of anilines is 1. The van der Waals surface area contributed by atoms with Crippen molar-refractivity contribution in [3.63, 3.8) is 0 Å². The molecule has 0 aromatic heterocycles. The molecule has 0 spiro atoms. The number of methoxy groups -OCH3 is 1. The van der Waals surface area contributed by atoms with Crippen LogP contribution in [0.15, 0.2) is 53.5 Å². The Hall–Kier alpha value is -3.26. The maximum absolute atomic E-state index is 13.0. The Morgan fingerprint density at radius 1 is 1.09 bits per heavy atom. The smallest absolute Gasteiger partial charge is 0.321 e.